The molecule has 1 heterocycles. The molecule has 0 saturated heterocycles. The lowest BCUT2D eigenvalue weighted by Crippen LogP contribution is -2.39. The Balaban J connectivity index is 0.00000361. The number of pyridine rings is 1. The highest BCUT2D eigenvalue weighted by Gasteiger charge is 1.98. The van der Waals surface area contributed by atoms with Crippen molar-refractivity contribution in [3.05, 3.63) is 29.6 Å². The molecule has 0 fully saturated rings. The van der Waals surface area contributed by atoms with E-state index in [9.17, 15) is 0 Å². The van der Waals surface area contributed by atoms with E-state index < -0.39 is 0 Å². The monoisotopic (exact) mass is 392 g/mol. The second-order valence-corrected chi connectivity index (χ2v) is 4.18. The standard InChI is InChI=1S/C14H24N4O.HI/c1-4-19-10-9-17-14(15-3)16-8-7-13-6-5-12(2)18-11-13;/h5-6,11H,4,7-10H2,1-3H3,(H2,15,16,17);1H. The Kier molecular flexibility index (Phi) is 11.4. The number of nitrogens with one attached hydrogen (secondary N) is 2. The van der Waals surface area contributed by atoms with Crippen LogP contribution in [0.2, 0.25) is 0 Å². The van der Waals surface area contributed by atoms with Crippen LogP contribution in [-0.4, -0.2) is 44.3 Å². The Bertz CT molecular complexity index is 381. The Labute approximate surface area is 138 Å². The molecular weight excluding hydrogens is 367 g/mol. The summed E-state index contributed by atoms with van der Waals surface area (Å²) >= 11 is 0. The van der Waals surface area contributed by atoms with Gasteiger partial charge in [-0.1, -0.05) is 6.07 Å². The van der Waals surface area contributed by atoms with Gasteiger partial charge < -0.3 is 15.4 Å². The summed E-state index contributed by atoms with van der Waals surface area (Å²) in [6.07, 6.45) is 2.85. The SMILES string of the molecule is CCOCCNC(=NC)NCCc1ccc(C)nc1.I. The predicted molar refractivity (Wildman–Crippen MR) is 94.0 cm³/mol. The summed E-state index contributed by atoms with van der Waals surface area (Å²) in [5, 5.41) is 6.46. The molecule has 0 aromatic carbocycles. The lowest BCUT2D eigenvalue weighted by molar-refractivity contribution is 0.152. The minimum Gasteiger partial charge on any atom is -0.380 e. The van der Waals surface area contributed by atoms with Gasteiger partial charge in [0.05, 0.1) is 6.61 Å². The quantitative estimate of drug-likeness (QED) is 0.321. The molecule has 1 aromatic heterocycles. The van der Waals surface area contributed by atoms with Crippen LogP contribution >= 0.6 is 24.0 Å². The molecule has 0 aliphatic carbocycles. The predicted octanol–water partition coefficient (Wildman–Crippen LogP) is 1.75. The van der Waals surface area contributed by atoms with E-state index in [1.807, 2.05) is 26.1 Å². The van der Waals surface area contributed by atoms with E-state index in [-0.39, 0.29) is 24.0 Å². The van der Waals surface area contributed by atoms with Gasteiger partial charge in [-0.15, -0.1) is 24.0 Å². The lowest BCUT2D eigenvalue weighted by atomic mass is 10.2. The summed E-state index contributed by atoms with van der Waals surface area (Å²) in [5.74, 6) is 0.805. The number of rotatable bonds is 7. The Morgan fingerprint density at radius 1 is 1.30 bits per heavy atom. The third-order valence-electron chi connectivity index (χ3n) is 2.65. The first-order valence-electron chi connectivity index (χ1n) is 6.70. The van der Waals surface area contributed by atoms with Crippen molar-refractivity contribution in [3.63, 3.8) is 0 Å². The van der Waals surface area contributed by atoms with Crippen molar-refractivity contribution >= 4 is 29.9 Å². The molecule has 0 unspecified atom stereocenters. The van der Waals surface area contributed by atoms with E-state index in [0.717, 1.165) is 37.8 Å². The summed E-state index contributed by atoms with van der Waals surface area (Å²) in [4.78, 5) is 8.43. The van der Waals surface area contributed by atoms with Gasteiger partial charge in [0.15, 0.2) is 5.96 Å². The highest BCUT2D eigenvalue weighted by molar-refractivity contribution is 14.0. The summed E-state index contributed by atoms with van der Waals surface area (Å²) < 4.78 is 5.26. The van der Waals surface area contributed by atoms with Crippen molar-refractivity contribution in [1.82, 2.24) is 15.6 Å². The van der Waals surface area contributed by atoms with Crippen molar-refractivity contribution in [2.75, 3.05) is 33.4 Å². The van der Waals surface area contributed by atoms with Crippen molar-refractivity contribution in [1.29, 1.82) is 0 Å². The minimum atomic E-state index is 0. The molecule has 0 amide bonds. The van der Waals surface area contributed by atoms with Crippen molar-refractivity contribution < 1.29 is 4.74 Å². The van der Waals surface area contributed by atoms with E-state index in [2.05, 4.69) is 26.7 Å². The number of hydrogen-bond donors (Lipinski definition) is 2. The Hall–Kier alpha value is -0.890. The second kappa shape index (κ2) is 11.9. The van der Waals surface area contributed by atoms with Gasteiger partial charge in [-0.05, 0) is 31.9 Å². The van der Waals surface area contributed by atoms with E-state index >= 15 is 0 Å². The molecule has 1 aromatic rings. The van der Waals surface area contributed by atoms with Gasteiger partial charge in [-0.2, -0.15) is 0 Å². The first kappa shape index (κ1) is 19.1. The highest BCUT2D eigenvalue weighted by Crippen LogP contribution is 1.99. The average Bonchev–Trinajstić information content (AvgIpc) is 2.43. The summed E-state index contributed by atoms with van der Waals surface area (Å²) in [6.45, 7) is 7.01. The number of aryl methyl sites for hydroxylation is 1. The molecule has 0 spiro atoms. The van der Waals surface area contributed by atoms with Crippen LogP contribution in [0.1, 0.15) is 18.2 Å². The van der Waals surface area contributed by atoms with Crippen molar-refractivity contribution in [2.45, 2.75) is 20.3 Å². The van der Waals surface area contributed by atoms with Crippen LogP contribution in [-0.2, 0) is 11.2 Å². The van der Waals surface area contributed by atoms with Gasteiger partial charge in [-0.3, -0.25) is 9.98 Å². The number of ether oxygens (including phenoxy) is 1. The minimum absolute atomic E-state index is 0. The summed E-state index contributed by atoms with van der Waals surface area (Å²) in [7, 11) is 1.77. The van der Waals surface area contributed by atoms with Crippen molar-refractivity contribution in [3.8, 4) is 0 Å². The molecule has 20 heavy (non-hydrogen) atoms. The molecule has 1 rings (SSSR count). The molecular formula is C14H25IN4O. The molecule has 6 heteroatoms. The maximum Gasteiger partial charge on any atom is 0.191 e. The van der Waals surface area contributed by atoms with Gasteiger partial charge in [-0.25, -0.2) is 0 Å². The third kappa shape index (κ3) is 8.31. The number of aliphatic imine (C=N–C) groups is 1. The molecule has 2 N–H and O–H groups in total. The van der Waals surface area contributed by atoms with Crippen LogP contribution < -0.4 is 10.6 Å². The normalized spacial score (nSPS) is 10.8. The van der Waals surface area contributed by atoms with Crippen LogP contribution in [0.15, 0.2) is 23.3 Å². The van der Waals surface area contributed by atoms with E-state index in [0.29, 0.717) is 6.61 Å². The maximum atomic E-state index is 5.26. The first-order valence-corrected chi connectivity index (χ1v) is 6.70. The number of hydrogen-bond acceptors (Lipinski definition) is 3. The van der Waals surface area contributed by atoms with Crippen LogP contribution in [0.3, 0.4) is 0 Å². The maximum absolute atomic E-state index is 5.26. The Morgan fingerprint density at radius 3 is 2.65 bits per heavy atom. The zero-order valence-electron chi connectivity index (χ0n) is 12.5. The zero-order valence-corrected chi connectivity index (χ0v) is 14.8. The number of halogens is 1. The molecule has 0 atom stereocenters. The largest absolute Gasteiger partial charge is 0.380 e. The van der Waals surface area contributed by atoms with E-state index in [1.165, 1.54) is 5.56 Å². The Morgan fingerprint density at radius 2 is 2.05 bits per heavy atom. The fourth-order valence-corrected chi connectivity index (χ4v) is 1.58. The topological polar surface area (TPSA) is 58.5 Å². The third-order valence-corrected chi connectivity index (χ3v) is 2.65. The van der Waals surface area contributed by atoms with Gasteiger partial charge in [0.1, 0.15) is 0 Å². The van der Waals surface area contributed by atoms with Crippen LogP contribution in [0.5, 0.6) is 0 Å². The molecule has 0 aliphatic heterocycles. The molecule has 0 bridgehead atoms. The lowest BCUT2D eigenvalue weighted by Gasteiger charge is -2.11. The van der Waals surface area contributed by atoms with Gasteiger partial charge in [0.25, 0.3) is 0 Å². The average molecular weight is 392 g/mol. The van der Waals surface area contributed by atoms with E-state index in [4.69, 9.17) is 4.74 Å². The highest BCUT2D eigenvalue weighted by atomic mass is 127. The smallest absolute Gasteiger partial charge is 0.191 e. The number of guanidine groups is 1. The number of aromatic nitrogens is 1. The molecule has 0 aliphatic rings. The van der Waals surface area contributed by atoms with Crippen LogP contribution in [0.25, 0.3) is 0 Å². The van der Waals surface area contributed by atoms with E-state index in [1.54, 1.807) is 7.05 Å². The summed E-state index contributed by atoms with van der Waals surface area (Å²) in [5.41, 5.74) is 2.27. The molecule has 0 saturated carbocycles. The van der Waals surface area contributed by atoms with Crippen LogP contribution in [0.4, 0.5) is 0 Å². The fraction of sp³-hybridized carbons (Fsp3) is 0.571. The van der Waals surface area contributed by atoms with Gasteiger partial charge in [0, 0.05) is 38.6 Å². The zero-order chi connectivity index (χ0) is 13.9. The van der Waals surface area contributed by atoms with Crippen molar-refractivity contribution in [2.24, 2.45) is 4.99 Å². The van der Waals surface area contributed by atoms with Gasteiger partial charge >= 0.3 is 0 Å². The fourth-order valence-electron chi connectivity index (χ4n) is 1.58. The van der Waals surface area contributed by atoms with Gasteiger partial charge in [0.2, 0.25) is 0 Å². The number of nitrogens with zero attached hydrogens (tertiary/aromatic N) is 2. The molecule has 114 valence electrons. The summed E-state index contributed by atoms with van der Waals surface area (Å²) in [6, 6.07) is 4.14. The molecule has 0 radical (unpaired) electrons. The molecule has 5 nitrogen and oxygen atoms in total. The first-order chi connectivity index (χ1) is 9.26. The second-order valence-electron chi connectivity index (χ2n) is 4.18. The van der Waals surface area contributed by atoms with Crippen LogP contribution in [0, 0.1) is 6.92 Å².